The molecule has 0 N–H and O–H groups in total. The van der Waals surface area contributed by atoms with Gasteiger partial charge in [-0.05, 0) is 54.4 Å². The second-order valence-corrected chi connectivity index (χ2v) is 6.67. The lowest BCUT2D eigenvalue weighted by Gasteiger charge is -2.21. The van der Waals surface area contributed by atoms with Crippen LogP contribution in [-0.4, -0.2) is 19.4 Å². The van der Waals surface area contributed by atoms with Crippen LogP contribution in [0.2, 0.25) is 0 Å². The van der Waals surface area contributed by atoms with E-state index in [1.807, 2.05) is 37.3 Å². The second kappa shape index (κ2) is 10.2. The summed E-state index contributed by atoms with van der Waals surface area (Å²) in [6.07, 6.45) is -4.41. The highest BCUT2D eigenvalue weighted by Gasteiger charge is 2.40. The Morgan fingerprint density at radius 1 is 0.800 bits per heavy atom. The van der Waals surface area contributed by atoms with Crippen LogP contribution in [0.5, 0.6) is 17.2 Å². The maximum atomic E-state index is 13.6. The van der Waals surface area contributed by atoms with E-state index in [0.717, 1.165) is 5.56 Å². The summed E-state index contributed by atoms with van der Waals surface area (Å²) >= 11 is 0. The number of hydrogen-bond donors (Lipinski definition) is 0. The number of alkyl halides is 3. The Labute approximate surface area is 174 Å². The highest BCUT2D eigenvalue weighted by Crippen LogP contribution is 2.36. The molecular weight excluding hydrogens is 393 g/mol. The maximum absolute atomic E-state index is 13.6. The third-order valence-corrected chi connectivity index (χ3v) is 4.42. The number of benzene rings is 3. The minimum absolute atomic E-state index is 0.0512. The molecule has 0 saturated carbocycles. The average Bonchev–Trinajstić information content (AvgIpc) is 2.72. The molecule has 0 fully saturated rings. The van der Waals surface area contributed by atoms with Crippen molar-refractivity contribution in [3.05, 3.63) is 90.0 Å². The highest BCUT2D eigenvalue weighted by molar-refractivity contribution is 5.34. The molecule has 158 valence electrons. The van der Waals surface area contributed by atoms with Crippen molar-refractivity contribution in [1.29, 1.82) is 0 Å². The van der Waals surface area contributed by atoms with E-state index in [9.17, 15) is 13.2 Å². The zero-order valence-electron chi connectivity index (χ0n) is 16.6. The molecule has 3 aromatic carbocycles. The van der Waals surface area contributed by atoms with Gasteiger partial charge in [-0.25, -0.2) is 0 Å². The number of hydrogen-bond acceptors (Lipinski definition) is 3. The lowest BCUT2D eigenvalue weighted by molar-refractivity contribution is -0.163. The van der Waals surface area contributed by atoms with E-state index in [4.69, 9.17) is 14.2 Å². The first-order valence-electron chi connectivity index (χ1n) is 9.65. The summed E-state index contributed by atoms with van der Waals surface area (Å²) in [5.41, 5.74) is 0.878. The van der Waals surface area contributed by atoms with Crippen molar-refractivity contribution in [3.63, 3.8) is 0 Å². The van der Waals surface area contributed by atoms with Gasteiger partial charge in [-0.15, -0.1) is 0 Å². The van der Waals surface area contributed by atoms with Gasteiger partial charge in [0.15, 0.2) is 0 Å². The van der Waals surface area contributed by atoms with Crippen LogP contribution < -0.4 is 9.47 Å². The van der Waals surface area contributed by atoms with E-state index >= 15 is 0 Å². The predicted molar refractivity (Wildman–Crippen MR) is 109 cm³/mol. The Morgan fingerprint density at radius 3 is 2.17 bits per heavy atom. The third-order valence-electron chi connectivity index (χ3n) is 4.42. The number of para-hydroxylation sites is 1. The molecule has 0 amide bonds. The zero-order valence-corrected chi connectivity index (χ0v) is 16.6. The molecule has 0 radical (unpaired) electrons. The van der Waals surface area contributed by atoms with Crippen LogP contribution in [0.3, 0.4) is 0 Å². The van der Waals surface area contributed by atoms with Crippen LogP contribution in [0.4, 0.5) is 13.2 Å². The van der Waals surface area contributed by atoms with Crippen molar-refractivity contribution in [1.82, 2.24) is 0 Å². The predicted octanol–water partition coefficient (Wildman–Crippen LogP) is 6.74. The number of ether oxygens (including phenoxy) is 3. The molecule has 30 heavy (non-hydrogen) atoms. The minimum atomic E-state index is -4.41. The van der Waals surface area contributed by atoms with E-state index in [0.29, 0.717) is 23.9 Å². The van der Waals surface area contributed by atoms with Crippen molar-refractivity contribution in [2.45, 2.75) is 25.6 Å². The molecule has 6 heteroatoms. The topological polar surface area (TPSA) is 27.7 Å². The smallest absolute Gasteiger partial charge is 0.397 e. The lowest BCUT2D eigenvalue weighted by atomic mass is 9.99. The van der Waals surface area contributed by atoms with E-state index in [-0.39, 0.29) is 12.2 Å². The highest BCUT2D eigenvalue weighted by atomic mass is 19.4. The van der Waals surface area contributed by atoms with Crippen molar-refractivity contribution in [2.24, 2.45) is 0 Å². The SMILES string of the molecule is CCOc1ccc([C@H](COCc2cccc(Oc3ccccc3)c2)C(F)(F)F)cc1. The summed E-state index contributed by atoms with van der Waals surface area (Å²) in [5.74, 6) is 0.111. The fraction of sp³-hybridized carbons (Fsp3) is 0.250. The molecule has 0 aromatic heterocycles. The molecule has 0 heterocycles. The monoisotopic (exact) mass is 416 g/mol. The summed E-state index contributed by atoms with van der Waals surface area (Å²) in [7, 11) is 0. The van der Waals surface area contributed by atoms with E-state index in [1.165, 1.54) is 12.1 Å². The quantitative estimate of drug-likeness (QED) is 0.387. The standard InChI is InChI=1S/C24H23F3O3/c1-2-29-20-13-11-19(12-14-20)23(24(25,26)27)17-28-16-18-7-6-10-22(15-18)30-21-8-4-3-5-9-21/h3-15,23H,2,16-17H2,1H3/t23-/m0/s1. The van der Waals surface area contributed by atoms with Gasteiger partial charge in [0.25, 0.3) is 0 Å². The minimum Gasteiger partial charge on any atom is -0.494 e. The van der Waals surface area contributed by atoms with Gasteiger partial charge >= 0.3 is 6.18 Å². The van der Waals surface area contributed by atoms with Crippen LogP contribution in [0.1, 0.15) is 24.0 Å². The summed E-state index contributed by atoms with van der Waals surface area (Å²) < 4.78 is 57.2. The summed E-state index contributed by atoms with van der Waals surface area (Å²) in [6, 6.07) is 22.3. The molecule has 1 atom stereocenters. The summed E-state index contributed by atoms with van der Waals surface area (Å²) in [5, 5.41) is 0. The molecule has 3 aromatic rings. The Balaban J connectivity index is 1.62. The Kier molecular flexibility index (Phi) is 7.36. The molecule has 3 nitrogen and oxygen atoms in total. The molecular formula is C24H23F3O3. The normalized spacial score (nSPS) is 12.4. The van der Waals surface area contributed by atoms with E-state index < -0.39 is 18.7 Å². The first-order chi connectivity index (χ1) is 14.5. The molecule has 0 aliphatic carbocycles. The molecule has 0 bridgehead atoms. The first kappa shape index (κ1) is 21.7. The average molecular weight is 416 g/mol. The first-order valence-corrected chi connectivity index (χ1v) is 9.65. The van der Waals surface area contributed by atoms with Crippen LogP contribution in [0.15, 0.2) is 78.9 Å². The van der Waals surface area contributed by atoms with Gasteiger partial charge in [0.2, 0.25) is 0 Å². The van der Waals surface area contributed by atoms with Crippen LogP contribution in [0.25, 0.3) is 0 Å². The fourth-order valence-electron chi connectivity index (χ4n) is 2.96. The Morgan fingerprint density at radius 2 is 1.50 bits per heavy atom. The van der Waals surface area contributed by atoms with Gasteiger partial charge in [0, 0.05) is 0 Å². The summed E-state index contributed by atoms with van der Waals surface area (Å²) in [4.78, 5) is 0. The van der Waals surface area contributed by atoms with E-state index in [1.54, 1.807) is 36.4 Å². The largest absolute Gasteiger partial charge is 0.494 e. The fourth-order valence-corrected chi connectivity index (χ4v) is 2.96. The Bertz CT molecular complexity index is 909. The van der Waals surface area contributed by atoms with Gasteiger partial charge in [0.05, 0.1) is 19.8 Å². The van der Waals surface area contributed by atoms with Crippen molar-refractivity contribution < 1.29 is 27.4 Å². The van der Waals surface area contributed by atoms with Crippen molar-refractivity contribution >= 4 is 0 Å². The molecule has 0 saturated heterocycles. The summed E-state index contributed by atoms with van der Waals surface area (Å²) in [6.45, 7) is 1.86. The zero-order chi connectivity index (χ0) is 21.4. The maximum Gasteiger partial charge on any atom is 0.397 e. The van der Waals surface area contributed by atoms with Gasteiger partial charge in [-0.2, -0.15) is 13.2 Å². The van der Waals surface area contributed by atoms with Crippen LogP contribution in [-0.2, 0) is 11.3 Å². The molecule has 0 aliphatic heterocycles. The third kappa shape index (κ3) is 6.26. The van der Waals surface area contributed by atoms with E-state index in [2.05, 4.69) is 0 Å². The Hall–Kier alpha value is -2.99. The van der Waals surface area contributed by atoms with Crippen molar-refractivity contribution in [2.75, 3.05) is 13.2 Å². The van der Waals surface area contributed by atoms with Gasteiger partial charge in [-0.3, -0.25) is 0 Å². The lowest BCUT2D eigenvalue weighted by Crippen LogP contribution is -2.25. The van der Waals surface area contributed by atoms with Crippen LogP contribution in [0, 0.1) is 0 Å². The van der Waals surface area contributed by atoms with Gasteiger partial charge < -0.3 is 14.2 Å². The number of halogens is 3. The van der Waals surface area contributed by atoms with Gasteiger partial charge in [0.1, 0.15) is 23.2 Å². The molecule has 0 aliphatic rings. The van der Waals surface area contributed by atoms with Crippen molar-refractivity contribution in [3.8, 4) is 17.2 Å². The van der Waals surface area contributed by atoms with Crippen LogP contribution >= 0.6 is 0 Å². The molecule has 3 rings (SSSR count). The second-order valence-electron chi connectivity index (χ2n) is 6.67. The molecule has 0 spiro atoms. The van der Waals surface area contributed by atoms with Gasteiger partial charge in [-0.1, -0.05) is 42.5 Å². The number of rotatable bonds is 9. The molecule has 0 unspecified atom stereocenters.